The maximum atomic E-state index is 13.0. The molecule has 262 valence electrons. The number of hydrogen-bond acceptors (Lipinski definition) is 6. The zero-order chi connectivity index (χ0) is 35.1. The molecule has 9 heteroatoms. The minimum absolute atomic E-state index is 0.0973. The van der Waals surface area contributed by atoms with Crippen molar-refractivity contribution in [2.24, 2.45) is 0 Å². The van der Waals surface area contributed by atoms with E-state index < -0.39 is 5.60 Å². The summed E-state index contributed by atoms with van der Waals surface area (Å²) in [7, 11) is 0. The van der Waals surface area contributed by atoms with Gasteiger partial charge >= 0.3 is 6.09 Å². The molecule has 51 heavy (non-hydrogen) atoms. The number of nitrogens with one attached hydrogen (secondary N) is 2. The van der Waals surface area contributed by atoms with E-state index in [1.165, 1.54) is 16.7 Å². The summed E-state index contributed by atoms with van der Waals surface area (Å²) < 4.78 is 5.72. The van der Waals surface area contributed by atoms with E-state index in [0.717, 1.165) is 96.9 Å². The highest BCUT2D eigenvalue weighted by Crippen LogP contribution is 2.38. The van der Waals surface area contributed by atoms with Gasteiger partial charge in [-0.2, -0.15) is 0 Å². The van der Waals surface area contributed by atoms with Crippen LogP contribution in [0.3, 0.4) is 0 Å². The Morgan fingerprint density at radius 1 is 0.824 bits per heavy atom. The van der Waals surface area contributed by atoms with Gasteiger partial charge in [0, 0.05) is 23.4 Å². The van der Waals surface area contributed by atoms with Gasteiger partial charge in [0.2, 0.25) is 0 Å². The van der Waals surface area contributed by atoms with Crippen LogP contribution in [0.5, 0.6) is 0 Å². The maximum absolute atomic E-state index is 13.0. The topological polar surface area (TPSA) is 107 Å². The zero-order valence-electron chi connectivity index (χ0n) is 29.7. The highest BCUT2D eigenvalue weighted by molar-refractivity contribution is 5.97. The normalized spacial score (nSPS) is 19.1. The van der Waals surface area contributed by atoms with Crippen molar-refractivity contribution in [3.05, 3.63) is 107 Å². The summed E-state index contributed by atoms with van der Waals surface area (Å²) in [4.78, 5) is 47.1. The number of aromatic amines is 2. The van der Waals surface area contributed by atoms with Crippen molar-refractivity contribution >= 4 is 11.9 Å². The molecular formula is C42H46N6O3. The first-order valence-electron chi connectivity index (χ1n) is 18.4. The fraction of sp³-hybridized carbons (Fsp3) is 0.381. The van der Waals surface area contributed by atoms with Crippen LogP contribution >= 0.6 is 0 Å². The molecule has 1 aliphatic carbocycles. The number of H-pyrrole nitrogens is 2. The van der Waals surface area contributed by atoms with Gasteiger partial charge in [0.1, 0.15) is 17.2 Å². The standard InChI is InChI=1S/C42H46N6O3/c1-42(2,3)51-41(50)48-23-9-15-36(48)40-44-33-13-7-12-31-24-30(20-21-32(31)38(33)46-40)27-16-18-28(19-17-27)34-25-43-39(45-34)35-14-8-22-47(35)26-37(49)29-10-5-4-6-11-29/h4-6,10-11,16-21,24-25,35-36H,7-9,12-15,22-23,26H2,1-3H3,(H,43,45)(H,44,46)/t35-,36-/m0/s1. The molecule has 0 radical (unpaired) electrons. The molecule has 9 nitrogen and oxygen atoms in total. The Balaban J connectivity index is 0.973. The van der Waals surface area contributed by atoms with Crippen LogP contribution < -0.4 is 0 Å². The van der Waals surface area contributed by atoms with E-state index in [4.69, 9.17) is 14.7 Å². The number of carbonyl (C=O) groups is 2. The Morgan fingerprint density at radius 3 is 2.37 bits per heavy atom. The van der Waals surface area contributed by atoms with Crippen LogP contribution in [0.4, 0.5) is 4.79 Å². The lowest BCUT2D eigenvalue weighted by Crippen LogP contribution is -2.36. The molecule has 3 aromatic carbocycles. The van der Waals surface area contributed by atoms with E-state index in [2.05, 4.69) is 57.3 Å². The van der Waals surface area contributed by atoms with E-state index in [1.54, 1.807) is 0 Å². The predicted octanol–water partition coefficient (Wildman–Crippen LogP) is 8.71. The molecule has 2 aliphatic heterocycles. The summed E-state index contributed by atoms with van der Waals surface area (Å²) in [5.74, 6) is 1.93. The molecule has 2 saturated heterocycles. The number of rotatable bonds is 7. The molecule has 3 aliphatic rings. The summed E-state index contributed by atoms with van der Waals surface area (Å²) in [5.41, 5.74) is 9.26. The fourth-order valence-corrected chi connectivity index (χ4v) is 7.97. The molecule has 5 aromatic rings. The number of likely N-dealkylation sites (tertiary alicyclic amines) is 2. The van der Waals surface area contributed by atoms with E-state index >= 15 is 0 Å². The summed E-state index contributed by atoms with van der Waals surface area (Å²) in [6, 6.07) is 24.9. The third-order valence-electron chi connectivity index (χ3n) is 10.5. The van der Waals surface area contributed by atoms with Crippen molar-refractivity contribution in [1.29, 1.82) is 0 Å². The van der Waals surface area contributed by atoms with Crippen LogP contribution in [0.15, 0.2) is 79.0 Å². The van der Waals surface area contributed by atoms with Crippen LogP contribution in [0.1, 0.15) is 98.2 Å². The number of fused-ring (bicyclic) bond motifs is 3. The van der Waals surface area contributed by atoms with Crippen molar-refractivity contribution in [3.63, 3.8) is 0 Å². The maximum Gasteiger partial charge on any atom is 0.410 e. The Bertz CT molecular complexity index is 2040. The minimum atomic E-state index is -0.534. The molecule has 1 amide bonds. The number of aromatic nitrogens is 4. The number of ether oxygens (including phenoxy) is 1. The first kappa shape index (κ1) is 33.1. The van der Waals surface area contributed by atoms with Gasteiger partial charge in [0.25, 0.3) is 0 Å². The fourth-order valence-electron chi connectivity index (χ4n) is 7.97. The summed E-state index contributed by atoms with van der Waals surface area (Å²) in [6.45, 7) is 7.69. The molecule has 4 heterocycles. The average molecular weight is 683 g/mol. The lowest BCUT2D eigenvalue weighted by atomic mass is 9.95. The molecule has 2 aromatic heterocycles. The number of Topliss-reactive ketones (excluding diaryl/α,β-unsaturated/α-hetero) is 1. The Hall–Kier alpha value is -5.02. The molecule has 0 saturated carbocycles. The van der Waals surface area contributed by atoms with Crippen LogP contribution in [0.2, 0.25) is 0 Å². The largest absolute Gasteiger partial charge is 0.444 e. The van der Waals surface area contributed by atoms with Gasteiger partial charge in [-0.3, -0.25) is 14.6 Å². The van der Waals surface area contributed by atoms with Gasteiger partial charge in [-0.25, -0.2) is 14.8 Å². The van der Waals surface area contributed by atoms with Crippen molar-refractivity contribution in [3.8, 4) is 33.6 Å². The number of nitrogens with zero attached hydrogens (tertiary/aromatic N) is 4. The second kappa shape index (κ2) is 13.6. The van der Waals surface area contributed by atoms with Crippen LogP contribution in [-0.2, 0) is 17.6 Å². The molecular weight excluding hydrogens is 637 g/mol. The lowest BCUT2D eigenvalue weighted by molar-refractivity contribution is 0.0218. The number of aryl methyl sites for hydroxylation is 2. The number of imidazole rings is 2. The van der Waals surface area contributed by atoms with Crippen molar-refractivity contribution < 1.29 is 14.3 Å². The molecule has 0 unspecified atom stereocenters. The number of ketones is 1. The van der Waals surface area contributed by atoms with Crippen LogP contribution in [0.25, 0.3) is 33.6 Å². The predicted molar refractivity (Wildman–Crippen MR) is 198 cm³/mol. The second-order valence-corrected chi connectivity index (χ2v) is 15.2. The van der Waals surface area contributed by atoms with E-state index in [9.17, 15) is 9.59 Å². The van der Waals surface area contributed by atoms with Crippen molar-refractivity contribution in [2.45, 2.75) is 83.4 Å². The molecule has 8 rings (SSSR count). The second-order valence-electron chi connectivity index (χ2n) is 15.2. The van der Waals surface area contributed by atoms with Crippen molar-refractivity contribution in [1.82, 2.24) is 29.7 Å². The van der Waals surface area contributed by atoms with Gasteiger partial charge in [-0.15, -0.1) is 0 Å². The van der Waals surface area contributed by atoms with Crippen LogP contribution in [0, 0.1) is 0 Å². The number of carbonyl (C=O) groups excluding carboxylic acids is 2. The average Bonchev–Trinajstić information content (AvgIpc) is 3.94. The van der Waals surface area contributed by atoms with E-state index in [-0.39, 0.29) is 24.0 Å². The monoisotopic (exact) mass is 682 g/mol. The van der Waals surface area contributed by atoms with E-state index in [1.807, 2.05) is 62.2 Å². The lowest BCUT2D eigenvalue weighted by Gasteiger charge is -2.27. The molecule has 2 atom stereocenters. The third-order valence-corrected chi connectivity index (χ3v) is 10.5. The first-order valence-corrected chi connectivity index (χ1v) is 18.4. The molecule has 0 spiro atoms. The van der Waals surface area contributed by atoms with Crippen molar-refractivity contribution in [2.75, 3.05) is 19.6 Å². The van der Waals surface area contributed by atoms with Gasteiger partial charge in [-0.1, -0.05) is 72.8 Å². The molecule has 2 fully saturated rings. The van der Waals surface area contributed by atoms with Gasteiger partial charge < -0.3 is 14.7 Å². The third kappa shape index (κ3) is 6.87. The summed E-state index contributed by atoms with van der Waals surface area (Å²) >= 11 is 0. The number of amides is 1. The van der Waals surface area contributed by atoms with E-state index in [0.29, 0.717) is 13.1 Å². The number of hydrogen-bond donors (Lipinski definition) is 2. The summed E-state index contributed by atoms with van der Waals surface area (Å²) in [5, 5.41) is 0. The highest BCUT2D eigenvalue weighted by Gasteiger charge is 2.36. The zero-order valence-corrected chi connectivity index (χ0v) is 29.7. The Labute approximate surface area is 299 Å². The Kier molecular flexibility index (Phi) is 8.84. The number of benzene rings is 3. The quantitative estimate of drug-likeness (QED) is 0.166. The highest BCUT2D eigenvalue weighted by atomic mass is 16.6. The minimum Gasteiger partial charge on any atom is -0.444 e. The molecule has 0 bridgehead atoms. The Morgan fingerprint density at radius 2 is 1.57 bits per heavy atom. The van der Waals surface area contributed by atoms with Gasteiger partial charge in [-0.05, 0) is 94.5 Å². The summed E-state index contributed by atoms with van der Waals surface area (Å²) in [6.07, 6.45) is 8.44. The smallest absolute Gasteiger partial charge is 0.410 e. The first-order chi connectivity index (χ1) is 24.7. The van der Waals surface area contributed by atoms with Crippen LogP contribution in [-0.4, -0.2) is 66.8 Å². The van der Waals surface area contributed by atoms with Gasteiger partial charge in [0.15, 0.2) is 5.78 Å². The SMILES string of the molecule is CC(C)(C)OC(=O)N1CCC[C@H]1c1nc2c([nH]1)CCCc1cc(-c3ccc(-c4cnc([C@@H]5CCCN5CC(=O)c5ccccc5)[nH]4)cc3)ccc1-2. The van der Waals surface area contributed by atoms with Gasteiger partial charge in [0.05, 0.1) is 36.2 Å². The molecule has 2 N–H and O–H groups in total.